The van der Waals surface area contributed by atoms with E-state index in [-0.39, 0.29) is 5.41 Å². The summed E-state index contributed by atoms with van der Waals surface area (Å²) in [5.74, 6) is 2.52. The molecule has 0 N–H and O–H groups in total. The summed E-state index contributed by atoms with van der Waals surface area (Å²) in [6.07, 6.45) is 6.80. The molecule has 0 aromatic carbocycles. The first-order chi connectivity index (χ1) is 14.0. The number of rotatable bonds is 3. The Bertz CT molecular complexity index is 1010. The monoisotopic (exact) mass is 394 g/mol. The van der Waals surface area contributed by atoms with Gasteiger partial charge in [-0.25, -0.2) is 0 Å². The number of hydrogen-bond donors (Lipinski definition) is 0. The van der Waals surface area contributed by atoms with Crippen molar-refractivity contribution in [2.45, 2.75) is 77.2 Å². The number of aromatic nitrogens is 5. The summed E-state index contributed by atoms with van der Waals surface area (Å²) < 4.78 is 7.56. The highest BCUT2D eigenvalue weighted by Gasteiger charge is 2.28. The molecule has 7 nitrogen and oxygen atoms in total. The minimum atomic E-state index is 0.00975. The molecule has 29 heavy (non-hydrogen) atoms. The fourth-order valence-corrected chi connectivity index (χ4v) is 4.59. The second-order valence-electron chi connectivity index (χ2n) is 9.59. The van der Waals surface area contributed by atoms with Crippen LogP contribution in [0, 0.1) is 0 Å². The van der Waals surface area contributed by atoms with Gasteiger partial charge >= 0.3 is 0 Å². The van der Waals surface area contributed by atoms with Crippen molar-refractivity contribution in [3.63, 3.8) is 0 Å². The van der Waals surface area contributed by atoms with E-state index in [9.17, 15) is 0 Å². The summed E-state index contributed by atoms with van der Waals surface area (Å²) in [6.45, 7) is 9.55. The van der Waals surface area contributed by atoms with Crippen LogP contribution in [0.4, 0.5) is 0 Å². The fraction of sp³-hybridized carbons (Fsp3) is 0.636. The van der Waals surface area contributed by atoms with Crippen molar-refractivity contribution in [2.24, 2.45) is 0 Å². The van der Waals surface area contributed by atoms with Crippen LogP contribution in [0.1, 0.15) is 80.9 Å². The summed E-state index contributed by atoms with van der Waals surface area (Å²) in [5.41, 5.74) is 4.45. The molecule has 1 fully saturated rings. The number of likely N-dealkylation sites (tertiary alicyclic amines) is 1. The SMILES string of the molecule is CC(C)(C)c1ccc2nnc(C3CCN(Cc4noc5c4CCCC5)CC3)n2n1. The lowest BCUT2D eigenvalue weighted by Gasteiger charge is -2.30. The quantitative estimate of drug-likeness (QED) is 0.675. The maximum atomic E-state index is 5.59. The average Bonchev–Trinajstić information content (AvgIpc) is 3.32. The molecular weight excluding hydrogens is 364 g/mol. The molecule has 154 valence electrons. The second-order valence-corrected chi connectivity index (χ2v) is 9.59. The molecule has 1 aliphatic heterocycles. The van der Waals surface area contributed by atoms with Crippen molar-refractivity contribution < 1.29 is 4.52 Å². The zero-order valence-corrected chi connectivity index (χ0v) is 17.7. The second kappa shape index (κ2) is 7.20. The van der Waals surface area contributed by atoms with Gasteiger partial charge in [0.1, 0.15) is 11.5 Å². The Labute approximate surface area is 171 Å². The largest absolute Gasteiger partial charge is 0.361 e. The molecule has 1 saturated heterocycles. The van der Waals surface area contributed by atoms with Crippen molar-refractivity contribution >= 4 is 5.65 Å². The Hall–Kier alpha value is -2.28. The molecule has 2 aliphatic rings. The van der Waals surface area contributed by atoms with E-state index in [1.54, 1.807) is 0 Å². The van der Waals surface area contributed by atoms with Gasteiger partial charge in [0.05, 0.1) is 5.69 Å². The third-order valence-corrected chi connectivity index (χ3v) is 6.41. The van der Waals surface area contributed by atoms with Crippen LogP contribution in [0.25, 0.3) is 5.65 Å². The minimum absolute atomic E-state index is 0.00975. The van der Waals surface area contributed by atoms with Gasteiger partial charge in [-0.2, -0.15) is 9.61 Å². The molecule has 0 atom stereocenters. The van der Waals surface area contributed by atoms with E-state index in [0.717, 1.165) is 73.9 Å². The predicted octanol–water partition coefficient (Wildman–Crippen LogP) is 3.67. The topological polar surface area (TPSA) is 72.4 Å². The zero-order chi connectivity index (χ0) is 20.0. The Balaban J connectivity index is 1.29. The first kappa shape index (κ1) is 18.7. The van der Waals surface area contributed by atoms with Gasteiger partial charge in [0, 0.05) is 29.9 Å². The van der Waals surface area contributed by atoms with Gasteiger partial charge in [-0.15, -0.1) is 10.2 Å². The molecule has 3 aromatic heterocycles. The van der Waals surface area contributed by atoms with Crippen LogP contribution in [0.2, 0.25) is 0 Å². The molecule has 0 amide bonds. The van der Waals surface area contributed by atoms with Crippen molar-refractivity contribution in [1.82, 2.24) is 29.9 Å². The summed E-state index contributed by atoms with van der Waals surface area (Å²) in [5, 5.41) is 18.1. The normalized spacial score (nSPS) is 19.0. The number of aryl methyl sites for hydroxylation is 1. The van der Waals surface area contributed by atoms with Crippen LogP contribution in [0.15, 0.2) is 16.7 Å². The molecule has 5 rings (SSSR count). The van der Waals surface area contributed by atoms with E-state index in [2.05, 4.69) is 47.1 Å². The van der Waals surface area contributed by atoms with E-state index in [1.807, 2.05) is 10.6 Å². The number of nitrogens with zero attached hydrogens (tertiary/aromatic N) is 6. The van der Waals surface area contributed by atoms with Crippen LogP contribution < -0.4 is 0 Å². The molecular formula is C22H30N6O. The van der Waals surface area contributed by atoms with E-state index in [0.29, 0.717) is 5.92 Å². The summed E-state index contributed by atoms with van der Waals surface area (Å²) in [7, 11) is 0. The van der Waals surface area contributed by atoms with E-state index in [4.69, 9.17) is 9.62 Å². The lowest BCUT2D eigenvalue weighted by Crippen LogP contribution is -2.33. The summed E-state index contributed by atoms with van der Waals surface area (Å²) >= 11 is 0. The van der Waals surface area contributed by atoms with Crippen molar-refractivity contribution in [3.05, 3.63) is 40.7 Å². The Morgan fingerprint density at radius 1 is 1.07 bits per heavy atom. The molecule has 1 aliphatic carbocycles. The zero-order valence-electron chi connectivity index (χ0n) is 17.7. The third-order valence-electron chi connectivity index (χ3n) is 6.41. The van der Waals surface area contributed by atoms with Crippen molar-refractivity contribution in [3.8, 4) is 0 Å². The van der Waals surface area contributed by atoms with Crippen LogP contribution in [0.3, 0.4) is 0 Å². The van der Waals surface area contributed by atoms with Crippen LogP contribution in [-0.4, -0.2) is 43.0 Å². The number of fused-ring (bicyclic) bond motifs is 2. The Morgan fingerprint density at radius 3 is 2.66 bits per heavy atom. The van der Waals surface area contributed by atoms with Gasteiger partial charge in [-0.1, -0.05) is 25.9 Å². The average molecular weight is 395 g/mol. The lowest BCUT2D eigenvalue weighted by molar-refractivity contribution is 0.195. The van der Waals surface area contributed by atoms with Gasteiger partial charge in [-0.3, -0.25) is 4.90 Å². The maximum Gasteiger partial charge on any atom is 0.177 e. The molecule has 0 bridgehead atoms. The van der Waals surface area contributed by atoms with E-state index >= 15 is 0 Å². The van der Waals surface area contributed by atoms with E-state index in [1.165, 1.54) is 18.4 Å². The highest BCUT2D eigenvalue weighted by molar-refractivity contribution is 5.38. The van der Waals surface area contributed by atoms with Crippen LogP contribution in [-0.2, 0) is 24.8 Å². The van der Waals surface area contributed by atoms with E-state index < -0.39 is 0 Å². The standard InChI is InChI=1S/C22H30N6O/c1-22(2,3)19-8-9-20-23-24-21(28(20)25-19)15-10-12-27(13-11-15)14-17-16-6-4-5-7-18(16)29-26-17/h8-9,15H,4-7,10-14H2,1-3H3. The fourth-order valence-electron chi connectivity index (χ4n) is 4.59. The number of hydrogen-bond acceptors (Lipinski definition) is 6. The maximum absolute atomic E-state index is 5.59. The Kier molecular flexibility index (Phi) is 4.65. The van der Waals surface area contributed by atoms with Gasteiger partial charge in [0.15, 0.2) is 11.5 Å². The first-order valence-corrected chi connectivity index (χ1v) is 10.9. The lowest BCUT2D eigenvalue weighted by atomic mass is 9.92. The summed E-state index contributed by atoms with van der Waals surface area (Å²) in [6, 6.07) is 4.10. The predicted molar refractivity (Wildman–Crippen MR) is 110 cm³/mol. The van der Waals surface area contributed by atoms with Crippen LogP contribution >= 0.6 is 0 Å². The number of piperidine rings is 1. The molecule has 3 aromatic rings. The molecule has 7 heteroatoms. The molecule has 0 saturated carbocycles. The first-order valence-electron chi connectivity index (χ1n) is 10.9. The molecule has 0 spiro atoms. The van der Waals surface area contributed by atoms with Gasteiger partial charge in [-0.05, 0) is 57.3 Å². The smallest absolute Gasteiger partial charge is 0.177 e. The van der Waals surface area contributed by atoms with Gasteiger partial charge in [0.25, 0.3) is 0 Å². The van der Waals surface area contributed by atoms with Crippen molar-refractivity contribution in [1.29, 1.82) is 0 Å². The van der Waals surface area contributed by atoms with Crippen LogP contribution in [0.5, 0.6) is 0 Å². The van der Waals surface area contributed by atoms with Gasteiger partial charge in [0.2, 0.25) is 0 Å². The highest BCUT2D eigenvalue weighted by atomic mass is 16.5. The Morgan fingerprint density at radius 2 is 1.86 bits per heavy atom. The summed E-state index contributed by atoms with van der Waals surface area (Å²) in [4.78, 5) is 2.50. The molecule has 0 unspecified atom stereocenters. The molecule has 4 heterocycles. The molecule has 0 radical (unpaired) electrons. The highest BCUT2D eigenvalue weighted by Crippen LogP contribution is 2.30. The van der Waals surface area contributed by atoms with Crippen molar-refractivity contribution in [2.75, 3.05) is 13.1 Å². The van der Waals surface area contributed by atoms with Gasteiger partial charge < -0.3 is 4.52 Å². The third kappa shape index (κ3) is 3.56. The minimum Gasteiger partial charge on any atom is -0.361 e.